The summed E-state index contributed by atoms with van der Waals surface area (Å²) in [6.45, 7) is 1.27. The number of fused-ring (bicyclic) bond motifs is 1. The second-order valence-electron chi connectivity index (χ2n) is 5.81. The molecule has 1 amide bonds. The molecule has 0 saturated carbocycles. The largest absolute Gasteiger partial charge is 0.476 e. The van der Waals surface area contributed by atoms with Crippen molar-refractivity contribution in [1.82, 2.24) is 5.32 Å². The third-order valence-corrected chi connectivity index (χ3v) is 5.92. The molecule has 1 aliphatic rings. The summed E-state index contributed by atoms with van der Waals surface area (Å²) in [6, 6.07) is 12.4. The number of para-hydroxylation sites is 2. The molecule has 8 heteroatoms. The Morgan fingerprint density at radius 2 is 1.77 bits per heavy atom. The van der Waals surface area contributed by atoms with Gasteiger partial charge in [0.05, 0.1) is 17.1 Å². The highest BCUT2D eigenvalue weighted by Gasteiger charge is 2.37. The van der Waals surface area contributed by atoms with E-state index in [1.54, 1.807) is 24.3 Å². The summed E-state index contributed by atoms with van der Waals surface area (Å²) in [6.07, 6.45) is -0.957. The topological polar surface area (TPSA) is 92.8 Å². The number of Topliss-reactive ketones (excluding diaryl/α,β-unsaturated/α-hetero) is 1. The van der Waals surface area contributed by atoms with Gasteiger partial charge >= 0.3 is 0 Å². The minimum atomic E-state index is -3.93. The second kappa shape index (κ2) is 6.80. The van der Waals surface area contributed by atoms with E-state index in [0.29, 0.717) is 17.0 Å². The number of benzene rings is 2. The van der Waals surface area contributed by atoms with Crippen molar-refractivity contribution in [3.05, 3.63) is 54.1 Å². The van der Waals surface area contributed by atoms with Gasteiger partial charge in [-0.2, -0.15) is 0 Å². The molecule has 1 heterocycles. The molecule has 136 valence electrons. The van der Waals surface area contributed by atoms with Gasteiger partial charge in [-0.25, -0.2) is 8.42 Å². The molecule has 0 saturated heterocycles. The Kier molecular flexibility index (Phi) is 4.69. The molecular formula is C18H18N2O5S. The number of ether oxygens (including phenoxy) is 1. The van der Waals surface area contributed by atoms with Crippen molar-refractivity contribution in [2.45, 2.75) is 17.9 Å². The van der Waals surface area contributed by atoms with Crippen LogP contribution in [0.15, 0.2) is 53.4 Å². The quantitative estimate of drug-likeness (QED) is 0.821. The first kappa shape index (κ1) is 17.9. The molecule has 1 N–H and O–H groups in total. The molecule has 7 nitrogen and oxygen atoms in total. The van der Waals surface area contributed by atoms with Crippen LogP contribution in [0.1, 0.15) is 17.3 Å². The molecular weight excluding hydrogens is 356 g/mol. The number of amides is 1. The molecule has 0 unspecified atom stereocenters. The predicted octanol–water partition coefficient (Wildman–Crippen LogP) is 1.59. The van der Waals surface area contributed by atoms with E-state index in [9.17, 15) is 18.0 Å². The minimum absolute atomic E-state index is 0.0369. The van der Waals surface area contributed by atoms with Gasteiger partial charge in [0.2, 0.25) is 0 Å². The summed E-state index contributed by atoms with van der Waals surface area (Å²) in [5.74, 6) is -0.242. The summed E-state index contributed by atoms with van der Waals surface area (Å²) in [4.78, 5) is 23.4. The molecule has 1 atom stereocenters. The van der Waals surface area contributed by atoms with Crippen molar-refractivity contribution < 1.29 is 22.7 Å². The van der Waals surface area contributed by atoms with Gasteiger partial charge in [0, 0.05) is 12.6 Å². The first-order valence-corrected chi connectivity index (χ1v) is 9.39. The number of carbonyl (C=O) groups is 2. The Labute approximate surface area is 151 Å². The molecule has 0 spiro atoms. The van der Waals surface area contributed by atoms with Crippen LogP contribution in [0.5, 0.6) is 5.75 Å². The maximum absolute atomic E-state index is 13.1. The Morgan fingerprint density at radius 1 is 1.12 bits per heavy atom. The van der Waals surface area contributed by atoms with Crippen LogP contribution in [0, 0.1) is 0 Å². The fraction of sp³-hybridized carbons (Fsp3) is 0.222. The third-order valence-electron chi connectivity index (χ3n) is 4.12. The number of nitrogens with one attached hydrogen (secondary N) is 1. The first-order chi connectivity index (χ1) is 12.3. The number of anilines is 1. The molecule has 0 bridgehead atoms. The van der Waals surface area contributed by atoms with Crippen molar-refractivity contribution in [3.63, 3.8) is 0 Å². The second-order valence-corrected chi connectivity index (χ2v) is 7.67. The smallest absolute Gasteiger partial charge is 0.264 e. The highest BCUT2D eigenvalue weighted by molar-refractivity contribution is 7.92. The molecule has 3 rings (SSSR count). The molecule has 2 aromatic carbocycles. The van der Waals surface area contributed by atoms with Crippen LogP contribution >= 0.6 is 0 Å². The third kappa shape index (κ3) is 3.15. The molecule has 0 aliphatic carbocycles. The van der Waals surface area contributed by atoms with Crippen LogP contribution in [0.3, 0.4) is 0 Å². The van der Waals surface area contributed by atoms with Crippen molar-refractivity contribution in [1.29, 1.82) is 0 Å². The Balaban J connectivity index is 2.04. The van der Waals surface area contributed by atoms with E-state index in [1.165, 1.54) is 38.2 Å². The van der Waals surface area contributed by atoms with Gasteiger partial charge in [-0.05, 0) is 31.2 Å². The van der Waals surface area contributed by atoms with E-state index >= 15 is 0 Å². The standard InChI is InChI=1S/C18H18N2O5S/c1-12(21)13-7-9-14(10-8-13)26(23,24)20-11-17(18(22)19-2)25-16-6-4-3-5-15(16)20/h3-10,17H,11H2,1-2H3,(H,19,22)/t17-/m0/s1. The average Bonchev–Trinajstić information content (AvgIpc) is 2.66. The Morgan fingerprint density at radius 3 is 2.38 bits per heavy atom. The zero-order chi connectivity index (χ0) is 18.9. The van der Waals surface area contributed by atoms with E-state index in [0.717, 1.165) is 4.31 Å². The molecule has 2 aromatic rings. The number of hydrogen-bond donors (Lipinski definition) is 1. The zero-order valence-electron chi connectivity index (χ0n) is 14.3. The molecule has 1 aliphatic heterocycles. The number of hydrogen-bond acceptors (Lipinski definition) is 5. The summed E-state index contributed by atoms with van der Waals surface area (Å²) < 4.78 is 33.1. The average molecular weight is 374 g/mol. The number of carbonyl (C=O) groups excluding carboxylic acids is 2. The molecule has 0 aromatic heterocycles. The van der Waals surface area contributed by atoms with E-state index < -0.39 is 22.0 Å². The van der Waals surface area contributed by atoms with Gasteiger partial charge in [-0.3, -0.25) is 13.9 Å². The predicted molar refractivity (Wildman–Crippen MR) is 95.9 cm³/mol. The lowest BCUT2D eigenvalue weighted by atomic mass is 10.2. The van der Waals surface area contributed by atoms with Crippen molar-refractivity contribution in [3.8, 4) is 5.75 Å². The van der Waals surface area contributed by atoms with Gasteiger partial charge in [-0.15, -0.1) is 0 Å². The van der Waals surface area contributed by atoms with Gasteiger partial charge in [0.25, 0.3) is 15.9 Å². The van der Waals surface area contributed by atoms with Crippen molar-refractivity contribution >= 4 is 27.4 Å². The molecule has 0 radical (unpaired) electrons. The van der Waals surface area contributed by atoms with Crippen LogP contribution in [0.25, 0.3) is 0 Å². The fourth-order valence-electron chi connectivity index (χ4n) is 2.72. The highest BCUT2D eigenvalue weighted by atomic mass is 32.2. The summed E-state index contributed by atoms with van der Waals surface area (Å²) in [5.41, 5.74) is 0.790. The zero-order valence-corrected chi connectivity index (χ0v) is 15.1. The number of likely N-dealkylation sites (N-methyl/N-ethyl adjacent to an activating group) is 1. The highest BCUT2D eigenvalue weighted by Crippen LogP contribution is 2.36. The normalized spacial score (nSPS) is 16.4. The Bertz CT molecular complexity index is 954. The fourth-order valence-corrected chi connectivity index (χ4v) is 4.19. The number of rotatable bonds is 4. The number of ketones is 1. The van der Waals surface area contributed by atoms with E-state index in [1.807, 2.05) is 0 Å². The van der Waals surface area contributed by atoms with Crippen molar-refractivity contribution in [2.24, 2.45) is 0 Å². The van der Waals surface area contributed by atoms with Gasteiger partial charge in [0.15, 0.2) is 11.9 Å². The number of sulfonamides is 1. The maximum Gasteiger partial charge on any atom is 0.264 e. The van der Waals surface area contributed by atoms with Crippen LogP contribution < -0.4 is 14.4 Å². The summed E-state index contributed by atoms with van der Waals surface area (Å²) >= 11 is 0. The first-order valence-electron chi connectivity index (χ1n) is 7.95. The SMILES string of the molecule is CNC(=O)[C@@H]1CN(S(=O)(=O)c2ccc(C(C)=O)cc2)c2ccccc2O1. The van der Waals surface area contributed by atoms with E-state index in [4.69, 9.17) is 4.74 Å². The van der Waals surface area contributed by atoms with E-state index in [-0.39, 0.29) is 17.2 Å². The van der Waals surface area contributed by atoms with Crippen LogP contribution in [-0.4, -0.2) is 39.8 Å². The van der Waals surface area contributed by atoms with Gasteiger partial charge in [-0.1, -0.05) is 24.3 Å². The van der Waals surface area contributed by atoms with Gasteiger partial charge in [0.1, 0.15) is 5.75 Å². The minimum Gasteiger partial charge on any atom is -0.476 e. The van der Waals surface area contributed by atoms with Crippen LogP contribution in [-0.2, 0) is 14.8 Å². The van der Waals surface area contributed by atoms with Crippen LogP contribution in [0.2, 0.25) is 0 Å². The van der Waals surface area contributed by atoms with Gasteiger partial charge < -0.3 is 10.1 Å². The lowest BCUT2D eigenvalue weighted by Gasteiger charge is -2.34. The van der Waals surface area contributed by atoms with Crippen LogP contribution in [0.4, 0.5) is 5.69 Å². The summed E-state index contributed by atoms with van der Waals surface area (Å²) in [7, 11) is -2.47. The lowest BCUT2D eigenvalue weighted by molar-refractivity contribution is -0.127. The van der Waals surface area contributed by atoms with Crippen molar-refractivity contribution in [2.75, 3.05) is 17.9 Å². The monoisotopic (exact) mass is 374 g/mol. The number of nitrogens with zero attached hydrogens (tertiary/aromatic N) is 1. The van der Waals surface area contributed by atoms with E-state index in [2.05, 4.69) is 5.32 Å². The molecule has 26 heavy (non-hydrogen) atoms. The molecule has 0 fully saturated rings. The lowest BCUT2D eigenvalue weighted by Crippen LogP contribution is -2.50. The Hall–Kier alpha value is -2.87. The maximum atomic E-state index is 13.1. The summed E-state index contributed by atoms with van der Waals surface area (Å²) in [5, 5.41) is 2.47.